The molecule has 184 valence electrons. The first kappa shape index (κ1) is 23.0. The van der Waals surface area contributed by atoms with Crippen LogP contribution in [0.4, 0.5) is 0 Å². The van der Waals surface area contributed by atoms with E-state index in [1.807, 2.05) is 0 Å². The van der Waals surface area contributed by atoms with Crippen molar-refractivity contribution in [2.75, 3.05) is 0 Å². The number of hydrogen-bond donors (Lipinski definition) is 0. The van der Waals surface area contributed by atoms with Gasteiger partial charge in [0.25, 0.3) is 0 Å². The van der Waals surface area contributed by atoms with Gasteiger partial charge < -0.3 is 0 Å². The fourth-order valence-electron chi connectivity index (χ4n) is 6.64. The maximum Gasteiger partial charge on any atom is 0.0159 e. The first-order valence-electron chi connectivity index (χ1n) is 13.7. The molecule has 0 bridgehead atoms. The molecule has 1 aliphatic carbocycles. The molecule has 0 heterocycles. The minimum absolute atomic E-state index is 0.0222. The Morgan fingerprint density at radius 1 is 0.474 bits per heavy atom. The Hall–Kier alpha value is -4.16. The fourth-order valence-corrected chi connectivity index (χ4v) is 6.64. The molecular weight excluding hydrogens is 456 g/mol. The van der Waals surface area contributed by atoms with Crippen LogP contribution in [0.5, 0.6) is 0 Å². The highest BCUT2D eigenvalue weighted by molar-refractivity contribution is 6.21. The minimum Gasteiger partial charge on any atom is -0.0619 e. The summed E-state index contributed by atoms with van der Waals surface area (Å²) >= 11 is 0. The van der Waals surface area contributed by atoms with E-state index in [0.717, 1.165) is 0 Å². The second kappa shape index (κ2) is 8.43. The molecule has 6 aromatic rings. The minimum atomic E-state index is -0.0222. The fraction of sp³-hybridized carbons (Fsp3) is 0.158. The van der Waals surface area contributed by atoms with Crippen LogP contribution >= 0.6 is 0 Å². The molecule has 0 atom stereocenters. The van der Waals surface area contributed by atoms with Crippen molar-refractivity contribution in [3.05, 3.63) is 132 Å². The predicted octanol–water partition coefficient (Wildman–Crippen LogP) is 10.8. The molecule has 0 radical (unpaired) electrons. The summed E-state index contributed by atoms with van der Waals surface area (Å²) in [5.41, 5.74) is 12.1. The van der Waals surface area contributed by atoms with E-state index in [9.17, 15) is 0 Å². The highest BCUT2D eigenvalue weighted by Gasteiger charge is 2.35. The van der Waals surface area contributed by atoms with Gasteiger partial charge in [-0.3, -0.25) is 0 Å². The Morgan fingerprint density at radius 3 is 1.53 bits per heavy atom. The third-order valence-electron chi connectivity index (χ3n) is 8.67. The van der Waals surface area contributed by atoms with E-state index in [4.69, 9.17) is 0 Å². The largest absolute Gasteiger partial charge is 0.0619 e. The third kappa shape index (κ3) is 3.30. The summed E-state index contributed by atoms with van der Waals surface area (Å²) in [4.78, 5) is 0. The summed E-state index contributed by atoms with van der Waals surface area (Å²) in [6.45, 7) is 9.24. The zero-order chi connectivity index (χ0) is 26.0. The monoisotopic (exact) mass is 488 g/mol. The van der Waals surface area contributed by atoms with E-state index in [1.165, 1.54) is 71.6 Å². The SMILES string of the molecule is CC(C)c1ccc(-c2c3ccccc3c(-c3ccc4c(c3)C(C)(C)c3ccccc3-4)c3ccccc23)cc1. The molecule has 38 heavy (non-hydrogen) atoms. The lowest BCUT2D eigenvalue weighted by Crippen LogP contribution is -2.14. The van der Waals surface area contributed by atoms with Gasteiger partial charge in [0.1, 0.15) is 0 Å². The quantitative estimate of drug-likeness (QED) is 0.217. The van der Waals surface area contributed by atoms with Crippen molar-refractivity contribution < 1.29 is 0 Å². The number of fused-ring (bicyclic) bond motifs is 5. The molecule has 0 unspecified atom stereocenters. The van der Waals surface area contributed by atoms with Crippen LogP contribution < -0.4 is 0 Å². The van der Waals surface area contributed by atoms with E-state index in [2.05, 4.69) is 143 Å². The van der Waals surface area contributed by atoms with E-state index < -0.39 is 0 Å². The summed E-state index contributed by atoms with van der Waals surface area (Å²) in [5, 5.41) is 5.23. The van der Waals surface area contributed by atoms with Crippen molar-refractivity contribution in [2.45, 2.75) is 39.0 Å². The Balaban J connectivity index is 1.52. The van der Waals surface area contributed by atoms with Crippen molar-refractivity contribution in [3.8, 4) is 33.4 Å². The average molecular weight is 489 g/mol. The van der Waals surface area contributed by atoms with Gasteiger partial charge in [-0.2, -0.15) is 0 Å². The lowest BCUT2D eigenvalue weighted by molar-refractivity contribution is 0.660. The lowest BCUT2D eigenvalue weighted by atomic mass is 9.80. The summed E-state index contributed by atoms with van der Waals surface area (Å²) in [5.74, 6) is 0.523. The van der Waals surface area contributed by atoms with Gasteiger partial charge in [0.2, 0.25) is 0 Å². The summed E-state index contributed by atoms with van der Waals surface area (Å²) in [6.07, 6.45) is 0. The normalized spacial score (nSPS) is 13.7. The molecular formula is C38H32. The van der Waals surface area contributed by atoms with Crippen LogP contribution in [-0.4, -0.2) is 0 Å². The van der Waals surface area contributed by atoms with Crippen molar-refractivity contribution >= 4 is 21.5 Å². The van der Waals surface area contributed by atoms with E-state index in [0.29, 0.717) is 5.92 Å². The lowest BCUT2D eigenvalue weighted by Gasteiger charge is -2.23. The zero-order valence-electron chi connectivity index (χ0n) is 22.5. The molecule has 0 aliphatic heterocycles. The molecule has 0 fully saturated rings. The maximum atomic E-state index is 2.46. The second-order valence-electron chi connectivity index (χ2n) is 11.5. The molecule has 0 saturated carbocycles. The molecule has 0 saturated heterocycles. The van der Waals surface area contributed by atoms with Crippen LogP contribution in [0.2, 0.25) is 0 Å². The zero-order valence-corrected chi connectivity index (χ0v) is 22.5. The molecule has 6 aromatic carbocycles. The van der Waals surface area contributed by atoms with Crippen molar-refractivity contribution in [1.82, 2.24) is 0 Å². The molecule has 0 N–H and O–H groups in total. The van der Waals surface area contributed by atoms with Crippen LogP contribution in [0.3, 0.4) is 0 Å². The van der Waals surface area contributed by atoms with Gasteiger partial charge >= 0.3 is 0 Å². The standard InChI is InChI=1S/C38H32/c1-24(2)25-17-19-26(20-18-25)36-30-12-5-7-14-32(30)37(33-15-8-6-13-31(33)36)27-21-22-29-28-11-9-10-16-34(28)38(3,4)35(29)23-27/h5-24H,1-4H3. The molecule has 1 aliphatic rings. The Bertz CT molecular complexity index is 1790. The summed E-state index contributed by atoms with van der Waals surface area (Å²) < 4.78 is 0. The Labute approximate surface area is 225 Å². The molecule has 7 rings (SSSR count). The molecule has 0 heteroatoms. The first-order chi connectivity index (χ1) is 18.4. The van der Waals surface area contributed by atoms with E-state index in [-0.39, 0.29) is 5.41 Å². The smallest absolute Gasteiger partial charge is 0.0159 e. The van der Waals surface area contributed by atoms with Gasteiger partial charge in [-0.05, 0) is 83.6 Å². The van der Waals surface area contributed by atoms with Gasteiger partial charge in [0.05, 0.1) is 0 Å². The molecule has 0 aromatic heterocycles. The topological polar surface area (TPSA) is 0 Å². The van der Waals surface area contributed by atoms with Gasteiger partial charge in [-0.15, -0.1) is 0 Å². The summed E-state index contributed by atoms with van der Waals surface area (Å²) in [7, 11) is 0. The Kier molecular flexibility index (Phi) is 5.10. The van der Waals surface area contributed by atoms with E-state index in [1.54, 1.807) is 0 Å². The van der Waals surface area contributed by atoms with Gasteiger partial charge in [-0.1, -0.05) is 137 Å². The second-order valence-corrected chi connectivity index (χ2v) is 11.5. The van der Waals surface area contributed by atoms with Gasteiger partial charge in [-0.25, -0.2) is 0 Å². The van der Waals surface area contributed by atoms with E-state index >= 15 is 0 Å². The molecule has 0 spiro atoms. The first-order valence-corrected chi connectivity index (χ1v) is 13.7. The number of hydrogen-bond acceptors (Lipinski definition) is 0. The van der Waals surface area contributed by atoms with Crippen LogP contribution in [0, 0.1) is 0 Å². The average Bonchev–Trinajstić information content (AvgIpc) is 3.18. The summed E-state index contributed by atoms with van der Waals surface area (Å²) in [6, 6.07) is 43.1. The van der Waals surface area contributed by atoms with Crippen LogP contribution in [0.25, 0.3) is 54.9 Å². The number of rotatable bonds is 3. The van der Waals surface area contributed by atoms with Crippen LogP contribution in [0.15, 0.2) is 115 Å². The molecule has 0 amide bonds. The third-order valence-corrected chi connectivity index (χ3v) is 8.67. The molecule has 0 nitrogen and oxygen atoms in total. The van der Waals surface area contributed by atoms with Crippen LogP contribution in [0.1, 0.15) is 50.3 Å². The van der Waals surface area contributed by atoms with Crippen molar-refractivity contribution in [3.63, 3.8) is 0 Å². The van der Waals surface area contributed by atoms with Gasteiger partial charge in [0, 0.05) is 5.41 Å². The highest BCUT2D eigenvalue weighted by atomic mass is 14.4. The van der Waals surface area contributed by atoms with Crippen LogP contribution in [-0.2, 0) is 5.41 Å². The van der Waals surface area contributed by atoms with Gasteiger partial charge in [0.15, 0.2) is 0 Å². The Morgan fingerprint density at radius 2 is 0.947 bits per heavy atom. The highest BCUT2D eigenvalue weighted by Crippen LogP contribution is 2.51. The predicted molar refractivity (Wildman–Crippen MR) is 164 cm³/mol. The van der Waals surface area contributed by atoms with Crippen molar-refractivity contribution in [1.29, 1.82) is 0 Å². The number of benzene rings is 6. The van der Waals surface area contributed by atoms with Crippen molar-refractivity contribution in [2.24, 2.45) is 0 Å². The maximum absolute atomic E-state index is 2.46.